The van der Waals surface area contributed by atoms with Crippen molar-refractivity contribution in [3.05, 3.63) is 207 Å². The van der Waals surface area contributed by atoms with E-state index >= 15 is 4.79 Å². The smallest absolute Gasteiger partial charge is 0.409 e. The second kappa shape index (κ2) is 20.0. The summed E-state index contributed by atoms with van der Waals surface area (Å²) in [6, 6.07) is 45.1. The Bertz CT molecular complexity index is 3370. The van der Waals surface area contributed by atoms with Crippen molar-refractivity contribution >= 4 is 32.2 Å². The molecule has 0 unspecified atom stereocenters. The van der Waals surface area contributed by atoms with E-state index < -0.39 is 31.9 Å². The van der Waals surface area contributed by atoms with Gasteiger partial charge in [-0.2, -0.15) is 16.8 Å². The molecule has 2 heterocycles. The molecule has 0 N–H and O–H groups in total. The summed E-state index contributed by atoms with van der Waals surface area (Å²) in [7, 11) is -9.06. The van der Waals surface area contributed by atoms with Gasteiger partial charge in [0.1, 0.15) is 34.3 Å². The van der Waals surface area contributed by atoms with Crippen LogP contribution in [-0.2, 0) is 51.2 Å². The maximum atomic E-state index is 15.1. The van der Waals surface area contributed by atoms with Gasteiger partial charge in [-0.3, -0.25) is 9.69 Å². The quantitative estimate of drug-likeness (QED) is 0.0959. The number of fused-ring (bicyclic) bond motifs is 4. The van der Waals surface area contributed by atoms with Gasteiger partial charge in [0.2, 0.25) is 0 Å². The summed E-state index contributed by atoms with van der Waals surface area (Å²) >= 11 is 0. The van der Waals surface area contributed by atoms with Crippen LogP contribution in [0.3, 0.4) is 0 Å². The Kier molecular flexibility index (Phi) is 13.4. The Labute approximate surface area is 420 Å². The SMILES string of the molecule is Cc1ccc(S(=O)(=O)Oc2cc(OS(=O)(=O)c3ccc(C)cc3)c(C(=O)N3Cc4ccc(CN5CCN(C(=O)OCC6c7ccccc7-c7ccccc76)CC5)cc4C3)c(OCc3ccccc3)c2C)cc1. The Balaban J connectivity index is 0.872. The summed E-state index contributed by atoms with van der Waals surface area (Å²) in [5.74, 6) is -1.44. The van der Waals surface area contributed by atoms with Crippen molar-refractivity contribution in [2.45, 2.75) is 62.7 Å². The largest absolute Gasteiger partial charge is 0.487 e. The highest BCUT2D eigenvalue weighted by Gasteiger charge is 2.36. The highest BCUT2D eigenvalue weighted by atomic mass is 32.2. The van der Waals surface area contributed by atoms with E-state index in [1.807, 2.05) is 80.6 Å². The Morgan fingerprint density at radius 2 is 1.12 bits per heavy atom. The zero-order valence-corrected chi connectivity index (χ0v) is 41.7. The zero-order valence-electron chi connectivity index (χ0n) is 40.1. The van der Waals surface area contributed by atoms with E-state index in [1.165, 1.54) is 46.5 Å². The minimum atomic E-state index is -4.60. The third-order valence-corrected chi connectivity index (χ3v) is 16.1. The molecule has 0 bridgehead atoms. The Morgan fingerprint density at radius 1 is 0.569 bits per heavy atom. The van der Waals surface area contributed by atoms with Crippen LogP contribution in [0.15, 0.2) is 161 Å². The van der Waals surface area contributed by atoms with Crippen molar-refractivity contribution in [2.75, 3.05) is 32.8 Å². The fraction of sp³-hybridized carbons (Fsp3) is 0.228. The van der Waals surface area contributed by atoms with E-state index in [1.54, 1.807) is 41.0 Å². The van der Waals surface area contributed by atoms with Crippen molar-refractivity contribution in [1.82, 2.24) is 14.7 Å². The molecule has 0 saturated carbocycles. The molecular weight excluding hydrogens is 951 g/mol. The number of hydrogen-bond donors (Lipinski definition) is 0. The molecule has 1 saturated heterocycles. The lowest BCUT2D eigenvalue weighted by molar-refractivity contribution is 0.0725. The zero-order chi connectivity index (χ0) is 50.1. The lowest BCUT2D eigenvalue weighted by atomic mass is 9.98. The van der Waals surface area contributed by atoms with Crippen molar-refractivity contribution < 1.29 is 44.3 Å². The topological polar surface area (TPSA) is 149 Å². The number of rotatable bonds is 14. The molecule has 0 aromatic heterocycles. The average molecular weight is 1000 g/mol. The normalized spacial score (nSPS) is 14.6. The minimum absolute atomic E-state index is 0.0145. The molecule has 1 fully saturated rings. The number of carbonyl (C=O) groups is 2. The number of hydrogen-bond acceptors (Lipinski definition) is 11. The van der Waals surface area contributed by atoms with E-state index in [9.17, 15) is 21.6 Å². The molecule has 7 aromatic rings. The maximum absolute atomic E-state index is 15.1. The number of benzene rings is 7. The minimum Gasteiger partial charge on any atom is -0.487 e. The standard InChI is InChI=1S/C57H53N3O10S2/c1-38-17-23-45(24-18-38)71(63,64)69-52-32-53(70-72(65,66)46-25-19-39(2)20-26-46)54(55(40(52)3)67-36-41-11-5-4-6-12-41)56(61)60-34-43-22-21-42(31-44(43)35-60)33-58-27-29-59(30-28-58)57(62)68-37-51-49-15-9-7-13-47(49)48-14-8-10-16-50(48)51/h4-26,31-32,51H,27-30,33-37H2,1-3H3. The molecule has 0 spiro atoms. The first-order valence-electron chi connectivity index (χ1n) is 23.8. The molecule has 2 aliphatic heterocycles. The molecule has 10 rings (SSSR count). The van der Waals surface area contributed by atoms with Gasteiger partial charge in [-0.1, -0.05) is 132 Å². The van der Waals surface area contributed by atoms with E-state index in [0.717, 1.165) is 39.4 Å². The number of carbonyl (C=O) groups excluding carboxylic acids is 2. The molecule has 13 nitrogen and oxygen atoms in total. The summed E-state index contributed by atoms with van der Waals surface area (Å²) < 4.78 is 79.6. The molecule has 3 aliphatic rings. The van der Waals surface area contributed by atoms with Crippen LogP contribution in [0.25, 0.3) is 11.1 Å². The van der Waals surface area contributed by atoms with Gasteiger partial charge in [0.15, 0.2) is 11.5 Å². The van der Waals surface area contributed by atoms with Crippen molar-refractivity contribution in [3.63, 3.8) is 0 Å². The first kappa shape index (κ1) is 48.2. The van der Waals surface area contributed by atoms with E-state index in [-0.39, 0.29) is 70.7 Å². The van der Waals surface area contributed by atoms with E-state index in [0.29, 0.717) is 32.7 Å². The molecule has 368 valence electrons. The first-order chi connectivity index (χ1) is 34.7. The molecule has 15 heteroatoms. The van der Waals surface area contributed by atoms with Gasteiger partial charge in [-0.05, 0) is 89.5 Å². The van der Waals surface area contributed by atoms with Crippen LogP contribution < -0.4 is 13.1 Å². The van der Waals surface area contributed by atoms with Gasteiger partial charge in [0.25, 0.3) is 5.91 Å². The lowest BCUT2D eigenvalue weighted by Crippen LogP contribution is -2.48. The first-order valence-corrected chi connectivity index (χ1v) is 26.6. The monoisotopic (exact) mass is 1000 g/mol. The molecule has 7 aromatic carbocycles. The maximum Gasteiger partial charge on any atom is 0.409 e. The van der Waals surface area contributed by atoms with Crippen LogP contribution >= 0.6 is 0 Å². The number of piperazine rings is 1. The number of aryl methyl sites for hydroxylation is 2. The Morgan fingerprint density at radius 3 is 1.74 bits per heavy atom. The van der Waals surface area contributed by atoms with Gasteiger partial charge in [-0.15, -0.1) is 0 Å². The predicted molar refractivity (Wildman–Crippen MR) is 272 cm³/mol. The lowest BCUT2D eigenvalue weighted by Gasteiger charge is -2.34. The highest BCUT2D eigenvalue weighted by molar-refractivity contribution is 7.87. The molecule has 2 amide bonds. The van der Waals surface area contributed by atoms with Gasteiger partial charge in [0, 0.05) is 63.4 Å². The second-order valence-corrected chi connectivity index (χ2v) is 21.6. The van der Waals surface area contributed by atoms with E-state index in [2.05, 4.69) is 35.2 Å². The van der Waals surface area contributed by atoms with Crippen LogP contribution in [0.4, 0.5) is 4.79 Å². The molecule has 1 aliphatic carbocycles. The van der Waals surface area contributed by atoms with Gasteiger partial charge in [0.05, 0.1) is 0 Å². The van der Waals surface area contributed by atoms with Crippen LogP contribution in [0.5, 0.6) is 17.2 Å². The van der Waals surface area contributed by atoms with Gasteiger partial charge >= 0.3 is 26.3 Å². The van der Waals surface area contributed by atoms with Gasteiger partial charge in [-0.25, -0.2) is 4.79 Å². The molecular formula is C57H53N3O10S2. The van der Waals surface area contributed by atoms with Crippen LogP contribution in [0, 0.1) is 20.8 Å². The molecule has 0 radical (unpaired) electrons. The number of amides is 2. The summed E-state index contributed by atoms with van der Waals surface area (Å²) in [5.41, 5.74) is 9.89. The summed E-state index contributed by atoms with van der Waals surface area (Å²) in [6.07, 6.45) is -0.321. The van der Waals surface area contributed by atoms with Crippen LogP contribution in [0.2, 0.25) is 0 Å². The number of nitrogens with zero attached hydrogens (tertiary/aromatic N) is 3. The summed E-state index contributed by atoms with van der Waals surface area (Å²) in [6.45, 7) is 8.76. The van der Waals surface area contributed by atoms with Crippen molar-refractivity contribution in [1.29, 1.82) is 0 Å². The second-order valence-electron chi connectivity index (χ2n) is 18.5. The average Bonchev–Trinajstić information content (AvgIpc) is 3.95. The van der Waals surface area contributed by atoms with Crippen LogP contribution in [0.1, 0.15) is 66.3 Å². The summed E-state index contributed by atoms with van der Waals surface area (Å²) in [5, 5.41) is 0. The number of ether oxygens (including phenoxy) is 2. The third kappa shape index (κ3) is 10.0. The fourth-order valence-electron chi connectivity index (χ4n) is 9.60. The molecule has 0 atom stereocenters. The predicted octanol–water partition coefficient (Wildman–Crippen LogP) is 9.95. The van der Waals surface area contributed by atoms with Crippen molar-refractivity contribution in [3.8, 4) is 28.4 Å². The van der Waals surface area contributed by atoms with Gasteiger partial charge < -0.3 is 27.6 Å². The summed E-state index contributed by atoms with van der Waals surface area (Å²) in [4.78, 5) is 33.8. The Hall–Kier alpha value is -7.46. The van der Waals surface area contributed by atoms with Crippen molar-refractivity contribution in [2.24, 2.45) is 0 Å². The molecule has 72 heavy (non-hydrogen) atoms. The third-order valence-electron chi connectivity index (χ3n) is 13.6. The fourth-order valence-corrected chi connectivity index (χ4v) is 11.5. The van der Waals surface area contributed by atoms with Crippen LogP contribution in [-0.4, -0.2) is 76.3 Å². The van der Waals surface area contributed by atoms with E-state index in [4.69, 9.17) is 17.8 Å². The highest BCUT2D eigenvalue weighted by Crippen LogP contribution is 2.45.